The van der Waals surface area contributed by atoms with E-state index in [0.29, 0.717) is 5.92 Å². The molecule has 0 atom stereocenters. The lowest BCUT2D eigenvalue weighted by Gasteiger charge is -2.16. The number of pyridine rings is 1. The summed E-state index contributed by atoms with van der Waals surface area (Å²) < 4.78 is 5.91. The summed E-state index contributed by atoms with van der Waals surface area (Å²) in [6.45, 7) is 13.7. The van der Waals surface area contributed by atoms with E-state index in [1.165, 1.54) is 53.9 Å². The first-order valence-electron chi connectivity index (χ1n) is 11.5. The van der Waals surface area contributed by atoms with Crippen LogP contribution in [0, 0.1) is 12.3 Å². The maximum atomic E-state index is 4.84. The van der Waals surface area contributed by atoms with Crippen molar-refractivity contribution >= 4 is 37.2 Å². The molecule has 0 saturated heterocycles. The van der Waals surface area contributed by atoms with Crippen LogP contribution in [0.1, 0.15) is 57.4 Å². The van der Waals surface area contributed by atoms with Crippen LogP contribution in [-0.2, 0) is 13.5 Å². The molecule has 0 radical (unpaired) electrons. The fourth-order valence-electron chi connectivity index (χ4n) is 4.89. The molecule has 0 amide bonds. The number of hydrogen-bond acceptors (Lipinski definition) is 2. The third kappa shape index (κ3) is 3.32. The highest BCUT2D eigenvalue weighted by Crippen LogP contribution is 2.39. The summed E-state index contributed by atoms with van der Waals surface area (Å²) >= 11 is 1.86. The Labute approximate surface area is 194 Å². The summed E-state index contributed by atoms with van der Waals surface area (Å²) in [7, 11) is 2.16. The smallest absolute Gasteiger partial charge is 0.238 e. The number of rotatable bonds is 3. The molecule has 5 aromatic rings. The van der Waals surface area contributed by atoms with Gasteiger partial charge in [0, 0.05) is 6.07 Å². The van der Waals surface area contributed by atoms with Gasteiger partial charge in [0.25, 0.3) is 0 Å². The van der Waals surface area contributed by atoms with Gasteiger partial charge >= 0.3 is 0 Å². The average Bonchev–Trinajstić information content (AvgIpc) is 3.27. The van der Waals surface area contributed by atoms with Crippen LogP contribution in [0.15, 0.2) is 48.9 Å². The van der Waals surface area contributed by atoms with Crippen molar-refractivity contribution in [3.8, 4) is 11.3 Å². The first-order chi connectivity index (χ1) is 15.2. The Morgan fingerprint density at radius 1 is 1.09 bits per heavy atom. The predicted octanol–water partition coefficient (Wildman–Crippen LogP) is 7.21. The van der Waals surface area contributed by atoms with E-state index in [0.717, 1.165) is 6.42 Å². The van der Waals surface area contributed by atoms with Gasteiger partial charge in [0.05, 0.1) is 16.0 Å². The molecule has 0 saturated carbocycles. The molecule has 0 bridgehead atoms. The molecule has 4 heteroatoms. The van der Waals surface area contributed by atoms with E-state index in [1.54, 1.807) is 0 Å². The number of thiazole rings is 1. The third-order valence-electron chi connectivity index (χ3n) is 6.42. The zero-order valence-electron chi connectivity index (χ0n) is 20.2. The zero-order chi connectivity index (χ0) is 22.8. The molecule has 0 aliphatic carbocycles. The van der Waals surface area contributed by atoms with Gasteiger partial charge in [0.1, 0.15) is 23.7 Å². The van der Waals surface area contributed by atoms with Crippen LogP contribution >= 0.6 is 11.3 Å². The highest BCUT2D eigenvalue weighted by atomic mass is 32.1. The van der Waals surface area contributed by atoms with Crippen molar-refractivity contribution in [1.82, 2.24) is 9.38 Å². The molecule has 0 fully saturated rings. The standard InChI is InChI=1S/C28H32N3S/c1-17(2)21-14-22(18(3)19-10-8-9-11-20(19)21)25-26-24(12-13-30(25)7)32-27-23(15-28(4,5)6)29-16-31(26)27/h8-14,16-17H,15H2,1-7H3/q+1. The van der Waals surface area contributed by atoms with E-state index in [-0.39, 0.29) is 5.41 Å². The molecule has 2 aromatic carbocycles. The topological polar surface area (TPSA) is 21.2 Å². The number of aromatic nitrogens is 3. The lowest BCUT2D eigenvalue weighted by molar-refractivity contribution is -0.659. The van der Waals surface area contributed by atoms with Gasteiger partial charge in [-0.1, -0.05) is 58.9 Å². The monoisotopic (exact) mass is 442 g/mol. The van der Waals surface area contributed by atoms with E-state index < -0.39 is 0 Å². The van der Waals surface area contributed by atoms with Gasteiger partial charge in [0.2, 0.25) is 5.69 Å². The fourth-order valence-corrected chi connectivity index (χ4v) is 6.00. The SMILES string of the molecule is Cc1c(-c2c3c(cc[n+]2C)sc2c(CC(C)(C)C)ncn23)cc(C(C)C)c2ccccc12. The van der Waals surface area contributed by atoms with E-state index in [1.807, 2.05) is 17.7 Å². The maximum absolute atomic E-state index is 4.84. The Hall–Kier alpha value is -2.72. The number of aryl methyl sites for hydroxylation is 2. The van der Waals surface area contributed by atoms with Crippen LogP contribution in [0.5, 0.6) is 0 Å². The molecule has 5 rings (SSSR count). The van der Waals surface area contributed by atoms with Gasteiger partial charge in [-0.25, -0.2) is 4.98 Å². The Kier molecular flexibility index (Phi) is 4.90. The Morgan fingerprint density at radius 3 is 2.50 bits per heavy atom. The number of benzene rings is 2. The molecular formula is C28H32N3S+. The number of fused-ring (bicyclic) bond motifs is 4. The van der Waals surface area contributed by atoms with Crippen molar-refractivity contribution in [2.45, 2.75) is 53.9 Å². The Balaban J connectivity index is 1.86. The van der Waals surface area contributed by atoms with Gasteiger partial charge in [-0.2, -0.15) is 4.57 Å². The maximum Gasteiger partial charge on any atom is 0.238 e. The number of imidazole rings is 1. The lowest BCUT2D eigenvalue weighted by atomic mass is 9.89. The van der Waals surface area contributed by atoms with Gasteiger partial charge in [-0.05, 0) is 52.6 Å². The summed E-state index contributed by atoms with van der Waals surface area (Å²) in [6.07, 6.45) is 5.21. The third-order valence-corrected chi connectivity index (χ3v) is 7.60. The molecule has 32 heavy (non-hydrogen) atoms. The lowest BCUT2D eigenvalue weighted by Crippen LogP contribution is -2.31. The number of nitrogens with zero attached hydrogens (tertiary/aromatic N) is 3. The van der Waals surface area contributed by atoms with Crippen LogP contribution in [0.4, 0.5) is 0 Å². The first kappa shape index (κ1) is 21.1. The van der Waals surface area contributed by atoms with Gasteiger partial charge in [0.15, 0.2) is 6.20 Å². The minimum absolute atomic E-state index is 0.208. The van der Waals surface area contributed by atoms with Crippen LogP contribution in [0.25, 0.3) is 37.1 Å². The quantitative estimate of drug-likeness (QED) is 0.270. The largest absolute Gasteiger partial charge is 0.283 e. The molecule has 3 aromatic heterocycles. The summed E-state index contributed by atoms with van der Waals surface area (Å²) in [6, 6.07) is 13.5. The summed E-state index contributed by atoms with van der Waals surface area (Å²) in [5.74, 6) is 0.456. The van der Waals surface area contributed by atoms with Crippen LogP contribution in [0.2, 0.25) is 0 Å². The Morgan fingerprint density at radius 2 is 1.81 bits per heavy atom. The van der Waals surface area contributed by atoms with Gasteiger partial charge in [-0.3, -0.25) is 4.40 Å². The van der Waals surface area contributed by atoms with Gasteiger partial charge in [-0.15, -0.1) is 11.3 Å². The minimum atomic E-state index is 0.208. The molecule has 0 unspecified atom stereocenters. The Bertz CT molecular complexity index is 1480. The van der Waals surface area contributed by atoms with E-state index in [4.69, 9.17) is 4.98 Å². The summed E-state index contributed by atoms with van der Waals surface area (Å²) in [5, 5.41) is 2.71. The summed E-state index contributed by atoms with van der Waals surface area (Å²) in [4.78, 5) is 6.11. The molecular weight excluding hydrogens is 410 g/mol. The van der Waals surface area contributed by atoms with Crippen molar-refractivity contribution in [1.29, 1.82) is 0 Å². The highest BCUT2D eigenvalue weighted by molar-refractivity contribution is 7.24. The minimum Gasteiger partial charge on any atom is -0.283 e. The van der Waals surface area contributed by atoms with Crippen molar-refractivity contribution in [3.63, 3.8) is 0 Å². The van der Waals surface area contributed by atoms with E-state index in [2.05, 4.69) is 100 Å². The fraction of sp³-hybridized carbons (Fsp3) is 0.357. The highest BCUT2D eigenvalue weighted by Gasteiger charge is 2.26. The second-order valence-corrected chi connectivity index (χ2v) is 11.6. The molecule has 3 heterocycles. The number of hydrogen-bond donors (Lipinski definition) is 0. The van der Waals surface area contributed by atoms with Crippen molar-refractivity contribution < 1.29 is 4.57 Å². The van der Waals surface area contributed by atoms with Crippen LogP contribution < -0.4 is 4.57 Å². The predicted molar refractivity (Wildman–Crippen MR) is 137 cm³/mol. The zero-order valence-corrected chi connectivity index (χ0v) is 21.0. The molecule has 0 spiro atoms. The summed E-state index contributed by atoms with van der Waals surface area (Å²) in [5.41, 5.74) is 7.98. The van der Waals surface area contributed by atoms with E-state index >= 15 is 0 Å². The molecule has 164 valence electrons. The average molecular weight is 443 g/mol. The van der Waals surface area contributed by atoms with Crippen LogP contribution in [0.3, 0.4) is 0 Å². The second-order valence-electron chi connectivity index (χ2n) is 10.5. The van der Waals surface area contributed by atoms with Crippen LogP contribution in [-0.4, -0.2) is 9.38 Å². The second kappa shape index (κ2) is 7.41. The van der Waals surface area contributed by atoms with E-state index in [9.17, 15) is 0 Å². The normalized spacial score (nSPS) is 12.6. The molecule has 0 aliphatic heterocycles. The van der Waals surface area contributed by atoms with Crippen molar-refractivity contribution in [2.75, 3.05) is 0 Å². The van der Waals surface area contributed by atoms with Crippen molar-refractivity contribution in [2.24, 2.45) is 12.5 Å². The first-order valence-corrected chi connectivity index (χ1v) is 12.3. The van der Waals surface area contributed by atoms with Gasteiger partial charge < -0.3 is 0 Å². The molecule has 3 nitrogen and oxygen atoms in total. The molecule has 0 aliphatic rings. The molecule has 0 N–H and O–H groups in total. The van der Waals surface area contributed by atoms with Crippen molar-refractivity contribution in [3.05, 3.63) is 65.7 Å².